The summed E-state index contributed by atoms with van der Waals surface area (Å²) < 4.78 is 65.1. The monoisotopic (exact) mass is 301 g/mol. The number of hydrogen-bond acceptors (Lipinski definition) is 1. The molecule has 6 heteroatoms. The molecule has 0 aliphatic heterocycles. The minimum atomic E-state index is -4.76. The first kappa shape index (κ1) is 15.3. The zero-order valence-electron chi connectivity index (χ0n) is 11.1. The molecule has 0 spiro atoms. The Morgan fingerprint density at radius 2 is 1.76 bits per heavy atom. The van der Waals surface area contributed by atoms with Crippen LogP contribution in [-0.2, 0) is 12.7 Å². The van der Waals surface area contributed by atoms with Crippen LogP contribution in [0.5, 0.6) is 0 Å². The van der Waals surface area contributed by atoms with Crippen molar-refractivity contribution in [2.75, 3.05) is 5.32 Å². The van der Waals surface area contributed by atoms with Gasteiger partial charge in [0.2, 0.25) is 0 Å². The minimum Gasteiger partial charge on any atom is -0.378 e. The molecule has 1 N–H and O–H groups in total. The van der Waals surface area contributed by atoms with Crippen LogP contribution < -0.4 is 5.32 Å². The van der Waals surface area contributed by atoms with Crippen molar-refractivity contribution in [1.82, 2.24) is 0 Å². The van der Waals surface area contributed by atoms with Gasteiger partial charge in [-0.1, -0.05) is 18.2 Å². The van der Waals surface area contributed by atoms with E-state index in [2.05, 4.69) is 5.32 Å². The number of rotatable bonds is 3. The Labute approximate surface area is 118 Å². The molecule has 112 valence electrons. The summed E-state index contributed by atoms with van der Waals surface area (Å²) in [5, 5.41) is 2.61. The summed E-state index contributed by atoms with van der Waals surface area (Å²) in [4.78, 5) is 0. The van der Waals surface area contributed by atoms with Crippen LogP contribution >= 0.6 is 0 Å². The summed E-state index contributed by atoms with van der Waals surface area (Å²) in [6.45, 7) is 1.51. The molecule has 0 heterocycles. The maximum absolute atomic E-state index is 13.8. The van der Waals surface area contributed by atoms with E-state index in [0.717, 1.165) is 11.6 Å². The topological polar surface area (TPSA) is 12.0 Å². The lowest BCUT2D eigenvalue weighted by Gasteiger charge is -2.13. The second-order valence-corrected chi connectivity index (χ2v) is 4.61. The average molecular weight is 301 g/mol. The number of nitrogens with one attached hydrogen (secondary N) is 1. The number of halogens is 5. The highest BCUT2D eigenvalue weighted by atomic mass is 19.4. The molecule has 0 saturated carbocycles. The van der Waals surface area contributed by atoms with E-state index >= 15 is 0 Å². The van der Waals surface area contributed by atoms with Crippen molar-refractivity contribution in [3.63, 3.8) is 0 Å². The Bertz CT molecular complexity index is 649. The van der Waals surface area contributed by atoms with Crippen molar-refractivity contribution in [2.45, 2.75) is 19.6 Å². The zero-order chi connectivity index (χ0) is 15.6. The van der Waals surface area contributed by atoms with Crippen LogP contribution in [0.1, 0.15) is 16.7 Å². The van der Waals surface area contributed by atoms with Crippen LogP contribution in [0.3, 0.4) is 0 Å². The number of alkyl halides is 3. The lowest BCUT2D eigenvalue weighted by atomic mass is 10.1. The van der Waals surface area contributed by atoms with Gasteiger partial charge in [-0.2, -0.15) is 13.2 Å². The second kappa shape index (κ2) is 5.71. The van der Waals surface area contributed by atoms with Crippen LogP contribution in [0.15, 0.2) is 36.4 Å². The largest absolute Gasteiger partial charge is 0.419 e. The van der Waals surface area contributed by atoms with Crippen molar-refractivity contribution in [1.29, 1.82) is 0 Å². The normalized spacial score (nSPS) is 11.5. The quantitative estimate of drug-likeness (QED) is 0.795. The third kappa shape index (κ3) is 3.51. The van der Waals surface area contributed by atoms with Crippen molar-refractivity contribution in [3.05, 3.63) is 64.7 Å². The molecular formula is C15H12F5N. The van der Waals surface area contributed by atoms with Gasteiger partial charge >= 0.3 is 6.18 Å². The predicted molar refractivity (Wildman–Crippen MR) is 69.9 cm³/mol. The van der Waals surface area contributed by atoms with Crippen LogP contribution in [-0.4, -0.2) is 0 Å². The molecule has 0 aromatic heterocycles. The van der Waals surface area contributed by atoms with E-state index in [9.17, 15) is 22.0 Å². The van der Waals surface area contributed by atoms with Crippen LogP contribution in [0.25, 0.3) is 0 Å². The molecule has 0 saturated heterocycles. The second-order valence-electron chi connectivity index (χ2n) is 4.61. The molecule has 2 rings (SSSR count). The standard InChI is InChI=1S/C15H12F5N/c1-9-5-6-12(16)13(7-9)21-8-10-3-2-4-11(14(10)17)15(18,19)20/h2-7,21H,8H2,1H3. The average Bonchev–Trinajstić information content (AvgIpc) is 2.40. The van der Waals surface area contributed by atoms with Gasteiger partial charge in [0.05, 0.1) is 11.3 Å². The Hall–Kier alpha value is -2.11. The van der Waals surface area contributed by atoms with E-state index in [0.29, 0.717) is 6.07 Å². The fourth-order valence-corrected chi connectivity index (χ4v) is 1.90. The van der Waals surface area contributed by atoms with Gasteiger partial charge in [0.25, 0.3) is 0 Å². The molecule has 0 amide bonds. The highest BCUT2D eigenvalue weighted by Crippen LogP contribution is 2.32. The first-order valence-electron chi connectivity index (χ1n) is 6.13. The minimum absolute atomic E-state index is 0.117. The van der Waals surface area contributed by atoms with E-state index < -0.39 is 23.4 Å². The van der Waals surface area contributed by atoms with Crippen LogP contribution in [0, 0.1) is 18.6 Å². The molecule has 0 fully saturated rings. The number of benzene rings is 2. The first-order valence-corrected chi connectivity index (χ1v) is 6.13. The summed E-state index contributed by atoms with van der Waals surface area (Å²) in [5.41, 5.74) is -0.604. The summed E-state index contributed by atoms with van der Waals surface area (Å²) in [7, 11) is 0. The van der Waals surface area contributed by atoms with E-state index in [-0.39, 0.29) is 17.8 Å². The predicted octanol–water partition coefficient (Wildman–Crippen LogP) is 4.90. The third-order valence-corrected chi connectivity index (χ3v) is 2.98. The lowest BCUT2D eigenvalue weighted by Crippen LogP contribution is -2.12. The molecule has 2 aromatic rings. The summed E-state index contributed by atoms with van der Waals surface area (Å²) in [5.74, 6) is -1.89. The van der Waals surface area contributed by atoms with Gasteiger partial charge in [-0.25, -0.2) is 8.78 Å². The molecule has 0 aliphatic carbocycles. The highest BCUT2D eigenvalue weighted by molar-refractivity contribution is 5.47. The fourth-order valence-electron chi connectivity index (χ4n) is 1.90. The Kier molecular flexibility index (Phi) is 4.16. The lowest BCUT2D eigenvalue weighted by molar-refractivity contribution is -0.140. The van der Waals surface area contributed by atoms with Crippen LogP contribution in [0.2, 0.25) is 0 Å². The van der Waals surface area contributed by atoms with Gasteiger partial charge in [0.15, 0.2) is 0 Å². The molecule has 0 aliphatic rings. The maximum atomic E-state index is 13.8. The molecule has 21 heavy (non-hydrogen) atoms. The van der Waals surface area contributed by atoms with Crippen molar-refractivity contribution in [3.8, 4) is 0 Å². The van der Waals surface area contributed by atoms with E-state index in [1.54, 1.807) is 13.0 Å². The van der Waals surface area contributed by atoms with E-state index in [1.807, 2.05) is 0 Å². The SMILES string of the molecule is Cc1ccc(F)c(NCc2cccc(C(F)(F)F)c2F)c1. The van der Waals surface area contributed by atoms with Crippen molar-refractivity contribution < 1.29 is 22.0 Å². The summed E-state index contributed by atoms with van der Waals surface area (Å²) >= 11 is 0. The van der Waals surface area contributed by atoms with Gasteiger partial charge in [-0.05, 0) is 30.7 Å². The smallest absolute Gasteiger partial charge is 0.378 e. The van der Waals surface area contributed by atoms with Gasteiger partial charge in [-0.15, -0.1) is 0 Å². The maximum Gasteiger partial charge on any atom is 0.419 e. The Morgan fingerprint density at radius 3 is 2.43 bits per heavy atom. The highest BCUT2D eigenvalue weighted by Gasteiger charge is 2.34. The van der Waals surface area contributed by atoms with Crippen molar-refractivity contribution in [2.24, 2.45) is 0 Å². The summed E-state index contributed by atoms with van der Waals surface area (Å²) in [6, 6.07) is 7.32. The van der Waals surface area contributed by atoms with E-state index in [1.165, 1.54) is 18.2 Å². The zero-order valence-corrected chi connectivity index (χ0v) is 11.1. The molecule has 2 aromatic carbocycles. The fraction of sp³-hybridized carbons (Fsp3) is 0.200. The third-order valence-electron chi connectivity index (χ3n) is 2.98. The Balaban J connectivity index is 2.23. The molecule has 0 bridgehead atoms. The molecule has 1 nitrogen and oxygen atoms in total. The molecular weight excluding hydrogens is 289 g/mol. The van der Waals surface area contributed by atoms with Gasteiger partial charge in [-0.3, -0.25) is 0 Å². The summed E-state index contributed by atoms with van der Waals surface area (Å²) in [6.07, 6.45) is -4.76. The molecule has 0 unspecified atom stereocenters. The number of aryl methyl sites for hydroxylation is 1. The molecule has 0 atom stereocenters. The van der Waals surface area contributed by atoms with E-state index in [4.69, 9.17) is 0 Å². The van der Waals surface area contributed by atoms with Crippen molar-refractivity contribution >= 4 is 5.69 Å². The first-order chi connectivity index (χ1) is 9.79. The number of hydrogen-bond donors (Lipinski definition) is 1. The van der Waals surface area contributed by atoms with Gasteiger partial charge < -0.3 is 5.32 Å². The number of anilines is 1. The molecule has 0 radical (unpaired) electrons. The van der Waals surface area contributed by atoms with Gasteiger partial charge in [0.1, 0.15) is 11.6 Å². The Morgan fingerprint density at radius 1 is 1.05 bits per heavy atom. The van der Waals surface area contributed by atoms with Gasteiger partial charge in [0, 0.05) is 12.1 Å². The van der Waals surface area contributed by atoms with Crippen LogP contribution in [0.4, 0.5) is 27.6 Å².